The molecule has 41 heavy (non-hydrogen) atoms. The van der Waals surface area contributed by atoms with Gasteiger partial charge in [-0.05, 0) is 54.6 Å². The maximum atomic E-state index is 13.8. The van der Waals surface area contributed by atoms with E-state index in [1.54, 1.807) is 37.3 Å². The van der Waals surface area contributed by atoms with Gasteiger partial charge in [-0.2, -0.15) is 0 Å². The second kappa shape index (κ2) is 12.5. The molecule has 11 heteroatoms. The Labute approximate surface area is 236 Å². The van der Waals surface area contributed by atoms with Crippen LogP contribution in [0.2, 0.25) is 0 Å². The Balaban J connectivity index is 1.22. The van der Waals surface area contributed by atoms with Crippen LogP contribution in [0.1, 0.15) is 16.1 Å². The van der Waals surface area contributed by atoms with Gasteiger partial charge in [0, 0.05) is 43.4 Å². The summed E-state index contributed by atoms with van der Waals surface area (Å²) in [6, 6.07) is 18.2. The zero-order valence-corrected chi connectivity index (χ0v) is 22.8. The van der Waals surface area contributed by atoms with E-state index >= 15 is 0 Å². The molecule has 2 amide bonds. The van der Waals surface area contributed by atoms with Crippen LogP contribution < -0.4 is 14.4 Å². The molecule has 0 atom stereocenters. The predicted octanol–water partition coefficient (Wildman–Crippen LogP) is 3.88. The molecule has 1 aliphatic rings. The van der Waals surface area contributed by atoms with Crippen molar-refractivity contribution in [2.24, 2.45) is 0 Å². The molecule has 4 aromatic rings. The molecule has 0 saturated carbocycles. The normalized spacial score (nSPS) is 13.1. The summed E-state index contributed by atoms with van der Waals surface area (Å²) < 4.78 is 29.9. The van der Waals surface area contributed by atoms with Gasteiger partial charge in [-0.15, -0.1) is 10.2 Å². The first-order valence-corrected chi connectivity index (χ1v) is 13.1. The van der Waals surface area contributed by atoms with Gasteiger partial charge < -0.3 is 28.6 Å². The molecule has 1 aliphatic heterocycles. The van der Waals surface area contributed by atoms with Gasteiger partial charge in [-0.1, -0.05) is 6.07 Å². The number of carbonyl (C=O) groups excluding carboxylic acids is 2. The van der Waals surface area contributed by atoms with E-state index in [1.807, 2.05) is 24.3 Å². The number of hydrogen-bond acceptors (Lipinski definition) is 8. The predicted molar refractivity (Wildman–Crippen MR) is 149 cm³/mol. The van der Waals surface area contributed by atoms with Crippen LogP contribution in [0.25, 0.3) is 11.3 Å². The third-order valence-corrected chi connectivity index (χ3v) is 6.90. The third-order valence-electron chi connectivity index (χ3n) is 6.90. The van der Waals surface area contributed by atoms with E-state index in [0.717, 1.165) is 11.6 Å². The molecule has 0 aliphatic carbocycles. The number of benzene rings is 2. The Bertz CT molecular complexity index is 1490. The lowest BCUT2D eigenvalue weighted by Crippen LogP contribution is -2.52. The number of anilines is 1. The maximum Gasteiger partial charge on any atom is 0.254 e. The lowest BCUT2D eigenvalue weighted by Gasteiger charge is -2.36. The van der Waals surface area contributed by atoms with Crippen molar-refractivity contribution in [1.29, 1.82) is 0 Å². The number of hydrogen-bond donors (Lipinski definition) is 0. The summed E-state index contributed by atoms with van der Waals surface area (Å²) in [4.78, 5) is 31.6. The number of halogens is 1. The van der Waals surface area contributed by atoms with Crippen LogP contribution in [0.3, 0.4) is 0 Å². The molecule has 0 bridgehead atoms. The molecule has 1 fully saturated rings. The Morgan fingerprint density at radius 1 is 0.951 bits per heavy atom. The summed E-state index contributed by atoms with van der Waals surface area (Å²) in [6.45, 7) is 1.96. The largest absolute Gasteiger partial charge is 0.497 e. The molecule has 0 N–H and O–H groups in total. The minimum absolute atomic E-state index is 0.0922. The van der Waals surface area contributed by atoms with Crippen LogP contribution in [0.15, 0.2) is 77.4 Å². The highest BCUT2D eigenvalue weighted by Crippen LogP contribution is 2.32. The van der Waals surface area contributed by atoms with Crippen molar-refractivity contribution < 1.29 is 27.9 Å². The molecule has 10 nitrogen and oxygen atoms in total. The van der Waals surface area contributed by atoms with Crippen LogP contribution in [0.5, 0.6) is 11.5 Å². The first-order valence-electron chi connectivity index (χ1n) is 13.1. The molecule has 2 aromatic carbocycles. The lowest BCUT2D eigenvalue weighted by molar-refractivity contribution is -0.132. The van der Waals surface area contributed by atoms with Crippen LogP contribution >= 0.6 is 0 Å². The van der Waals surface area contributed by atoms with E-state index in [-0.39, 0.29) is 24.6 Å². The number of aromatic nitrogens is 2. The molecule has 3 heterocycles. The van der Waals surface area contributed by atoms with Crippen molar-refractivity contribution in [2.45, 2.75) is 6.54 Å². The Kier molecular flexibility index (Phi) is 8.42. The number of amides is 2. The van der Waals surface area contributed by atoms with E-state index in [0.29, 0.717) is 55.0 Å². The summed E-state index contributed by atoms with van der Waals surface area (Å²) >= 11 is 0. The minimum atomic E-state index is -0.518. The Morgan fingerprint density at radius 3 is 2.44 bits per heavy atom. The quantitative estimate of drug-likeness (QED) is 0.305. The fraction of sp³-hybridized carbons (Fsp3) is 0.267. The van der Waals surface area contributed by atoms with Gasteiger partial charge >= 0.3 is 0 Å². The van der Waals surface area contributed by atoms with Crippen LogP contribution in [0, 0.1) is 5.82 Å². The van der Waals surface area contributed by atoms with Gasteiger partial charge in [-0.25, -0.2) is 4.39 Å². The molecular weight excluding hydrogens is 529 g/mol. The number of methoxy groups -OCH3 is 2. The SMILES string of the molecule is COc1ccc(-c2ccc(N3CCN(C(=O)CN(Cc4ccco4)C(=O)c4cccc(F)c4)CC3)nn2)c(OC)c1. The summed E-state index contributed by atoms with van der Waals surface area (Å²) in [7, 11) is 3.19. The smallest absolute Gasteiger partial charge is 0.254 e. The number of carbonyl (C=O) groups is 2. The molecule has 0 spiro atoms. The fourth-order valence-corrected chi connectivity index (χ4v) is 4.69. The summed E-state index contributed by atoms with van der Waals surface area (Å²) in [5, 5.41) is 8.81. The summed E-state index contributed by atoms with van der Waals surface area (Å²) in [5.74, 6) is 1.39. The van der Waals surface area contributed by atoms with Gasteiger partial charge in [0.2, 0.25) is 5.91 Å². The van der Waals surface area contributed by atoms with Gasteiger partial charge in [0.1, 0.15) is 29.6 Å². The highest BCUT2D eigenvalue weighted by molar-refractivity contribution is 5.96. The minimum Gasteiger partial charge on any atom is -0.497 e. The third kappa shape index (κ3) is 6.46. The van der Waals surface area contributed by atoms with Crippen molar-refractivity contribution in [3.8, 4) is 22.8 Å². The highest BCUT2D eigenvalue weighted by atomic mass is 19.1. The van der Waals surface area contributed by atoms with Crippen LogP contribution in [-0.4, -0.2) is 78.8 Å². The first kappa shape index (κ1) is 27.6. The van der Waals surface area contributed by atoms with Gasteiger partial charge in [0.05, 0.1) is 32.7 Å². The standard InChI is InChI=1S/C30H30FN5O5/c1-39-23-8-9-25(27(18-23)40-2)26-10-11-28(33-32-26)34-12-14-35(15-13-34)29(37)20-36(19-24-7-4-16-41-24)30(38)21-5-3-6-22(31)17-21/h3-11,16-18H,12-15,19-20H2,1-2H3. The number of piperazine rings is 1. The molecule has 1 saturated heterocycles. The molecule has 0 unspecified atom stereocenters. The van der Waals surface area contributed by atoms with Crippen LogP contribution in [-0.2, 0) is 11.3 Å². The molecule has 212 valence electrons. The molecule has 2 aromatic heterocycles. The summed E-state index contributed by atoms with van der Waals surface area (Å²) in [5.41, 5.74) is 1.64. The van der Waals surface area contributed by atoms with Crippen molar-refractivity contribution in [3.05, 3.63) is 90.1 Å². The van der Waals surface area contributed by atoms with Crippen LogP contribution in [0.4, 0.5) is 10.2 Å². The zero-order chi connectivity index (χ0) is 28.8. The first-order chi connectivity index (χ1) is 19.9. The van der Waals surface area contributed by atoms with E-state index in [1.165, 1.54) is 29.4 Å². The van der Waals surface area contributed by atoms with Gasteiger partial charge in [-0.3, -0.25) is 9.59 Å². The van der Waals surface area contributed by atoms with Crippen molar-refractivity contribution in [2.75, 3.05) is 51.8 Å². The van der Waals surface area contributed by atoms with E-state index in [9.17, 15) is 14.0 Å². The average Bonchev–Trinajstić information content (AvgIpc) is 3.53. The fourth-order valence-electron chi connectivity index (χ4n) is 4.69. The van der Waals surface area contributed by atoms with Crippen molar-refractivity contribution in [1.82, 2.24) is 20.0 Å². The zero-order valence-electron chi connectivity index (χ0n) is 22.8. The molecular formula is C30H30FN5O5. The number of rotatable bonds is 9. The summed E-state index contributed by atoms with van der Waals surface area (Å²) in [6.07, 6.45) is 1.50. The van der Waals surface area contributed by atoms with Crippen molar-refractivity contribution >= 4 is 17.6 Å². The van der Waals surface area contributed by atoms with E-state index in [2.05, 4.69) is 15.1 Å². The van der Waals surface area contributed by atoms with Gasteiger partial charge in [0.15, 0.2) is 5.82 Å². The van der Waals surface area contributed by atoms with E-state index in [4.69, 9.17) is 13.9 Å². The maximum absolute atomic E-state index is 13.8. The second-order valence-corrected chi connectivity index (χ2v) is 9.46. The monoisotopic (exact) mass is 559 g/mol. The lowest BCUT2D eigenvalue weighted by atomic mass is 10.1. The van der Waals surface area contributed by atoms with Gasteiger partial charge in [0.25, 0.3) is 5.91 Å². The molecule has 5 rings (SSSR count). The van der Waals surface area contributed by atoms with E-state index < -0.39 is 11.7 Å². The Morgan fingerprint density at radius 2 is 1.78 bits per heavy atom. The second-order valence-electron chi connectivity index (χ2n) is 9.46. The average molecular weight is 560 g/mol. The van der Waals surface area contributed by atoms with Crippen molar-refractivity contribution in [3.63, 3.8) is 0 Å². The Hall–Kier alpha value is -4.93. The topological polar surface area (TPSA) is 101 Å². The highest BCUT2D eigenvalue weighted by Gasteiger charge is 2.27. The number of nitrogens with zero attached hydrogens (tertiary/aromatic N) is 5. The number of furan rings is 1. The molecule has 0 radical (unpaired) electrons. The number of ether oxygens (including phenoxy) is 2.